The van der Waals surface area contributed by atoms with Crippen LogP contribution in [0.2, 0.25) is 0 Å². The summed E-state index contributed by atoms with van der Waals surface area (Å²) in [4.78, 5) is 14.2. The van der Waals surface area contributed by atoms with Crippen LogP contribution in [-0.4, -0.2) is 41.2 Å². The molecule has 0 aliphatic rings. The number of carbonyl (C=O) groups is 1. The molecule has 0 spiro atoms. The maximum absolute atomic E-state index is 12.0. The first-order valence-corrected chi connectivity index (χ1v) is 8.55. The highest BCUT2D eigenvalue weighted by atomic mass is 16.1. The third-order valence-electron chi connectivity index (χ3n) is 4.17. The van der Waals surface area contributed by atoms with Gasteiger partial charge in [-0.15, -0.1) is 0 Å². The lowest BCUT2D eigenvalue weighted by molar-refractivity contribution is -0.116. The highest BCUT2D eigenvalue weighted by Gasteiger charge is 2.06. The number of amides is 1. The van der Waals surface area contributed by atoms with Crippen LogP contribution in [0.1, 0.15) is 28.1 Å². The Kier molecular flexibility index (Phi) is 6.53. The van der Waals surface area contributed by atoms with Crippen molar-refractivity contribution in [2.75, 3.05) is 20.6 Å². The van der Waals surface area contributed by atoms with E-state index in [9.17, 15) is 4.79 Å². The number of nitrogens with one attached hydrogen (secondary N) is 1. The van der Waals surface area contributed by atoms with Crippen LogP contribution < -0.4 is 5.32 Å². The smallest absolute Gasteiger partial charge is 0.244 e. The van der Waals surface area contributed by atoms with Crippen molar-refractivity contribution in [3.05, 3.63) is 58.4 Å². The van der Waals surface area contributed by atoms with Gasteiger partial charge in [-0.3, -0.25) is 9.48 Å². The second-order valence-corrected chi connectivity index (χ2v) is 6.64. The molecule has 2 rings (SSSR count). The first kappa shape index (κ1) is 18.9. The predicted octanol–water partition coefficient (Wildman–Crippen LogP) is 2.47. The normalized spacial score (nSPS) is 11.4. The van der Waals surface area contributed by atoms with Gasteiger partial charge in [0.2, 0.25) is 5.91 Å². The second kappa shape index (κ2) is 8.62. The summed E-state index contributed by atoms with van der Waals surface area (Å²) >= 11 is 0. The first-order chi connectivity index (χ1) is 11.9. The molecule has 134 valence electrons. The molecule has 0 atom stereocenters. The topological polar surface area (TPSA) is 50.2 Å². The summed E-state index contributed by atoms with van der Waals surface area (Å²) in [7, 11) is 6.03. The Morgan fingerprint density at radius 3 is 2.64 bits per heavy atom. The summed E-state index contributed by atoms with van der Waals surface area (Å²) in [6, 6.07) is 8.50. The fourth-order valence-electron chi connectivity index (χ4n) is 2.83. The fourth-order valence-corrected chi connectivity index (χ4v) is 2.83. The van der Waals surface area contributed by atoms with Gasteiger partial charge in [-0.05, 0) is 51.6 Å². The molecule has 0 saturated heterocycles. The van der Waals surface area contributed by atoms with E-state index in [2.05, 4.69) is 53.7 Å². The van der Waals surface area contributed by atoms with Crippen LogP contribution in [-0.2, 0) is 24.8 Å². The zero-order valence-electron chi connectivity index (χ0n) is 15.8. The molecule has 5 nitrogen and oxygen atoms in total. The van der Waals surface area contributed by atoms with Crippen LogP contribution in [0, 0.1) is 13.8 Å². The quantitative estimate of drug-likeness (QED) is 0.788. The molecule has 1 amide bonds. The van der Waals surface area contributed by atoms with Crippen LogP contribution >= 0.6 is 0 Å². The number of benzene rings is 1. The molecule has 1 aromatic heterocycles. The summed E-state index contributed by atoms with van der Waals surface area (Å²) in [6.07, 6.45) is 4.25. The van der Waals surface area contributed by atoms with Gasteiger partial charge in [-0.2, -0.15) is 5.10 Å². The summed E-state index contributed by atoms with van der Waals surface area (Å²) in [5, 5.41) is 7.29. The molecule has 25 heavy (non-hydrogen) atoms. The maximum atomic E-state index is 12.0. The monoisotopic (exact) mass is 340 g/mol. The van der Waals surface area contributed by atoms with Gasteiger partial charge in [0.25, 0.3) is 0 Å². The van der Waals surface area contributed by atoms with Gasteiger partial charge in [0.15, 0.2) is 0 Å². The number of hydrogen-bond donors (Lipinski definition) is 1. The number of aryl methyl sites for hydroxylation is 2. The van der Waals surface area contributed by atoms with Gasteiger partial charge in [-0.25, -0.2) is 0 Å². The lowest BCUT2D eigenvalue weighted by Crippen LogP contribution is -2.23. The lowest BCUT2D eigenvalue weighted by Gasteiger charge is -2.11. The van der Waals surface area contributed by atoms with E-state index >= 15 is 0 Å². The molecule has 0 aliphatic heterocycles. The van der Waals surface area contributed by atoms with E-state index in [1.807, 2.05) is 31.7 Å². The van der Waals surface area contributed by atoms with Crippen LogP contribution in [0.15, 0.2) is 30.3 Å². The molecule has 0 unspecified atom stereocenters. The van der Waals surface area contributed by atoms with Crippen molar-refractivity contribution < 1.29 is 4.79 Å². The summed E-state index contributed by atoms with van der Waals surface area (Å²) in [5.41, 5.74) is 5.52. The van der Waals surface area contributed by atoms with Gasteiger partial charge in [0, 0.05) is 37.5 Å². The summed E-state index contributed by atoms with van der Waals surface area (Å²) < 4.78 is 1.83. The van der Waals surface area contributed by atoms with E-state index in [1.54, 1.807) is 6.08 Å². The van der Waals surface area contributed by atoms with Crippen molar-refractivity contribution >= 4 is 12.0 Å². The van der Waals surface area contributed by atoms with Crippen molar-refractivity contribution in [2.24, 2.45) is 7.05 Å². The largest absolute Gasteiger partial charge is 0.352 e. The molecule has 0 fully saturated rings. The summed E-state index contributed by atoms with van der Waals surface area (Å²) in [6.45, 7) is 5.50. The van der Waals surface area contributed by atoms with E-state index in [-0.39, 0.29) is 5.91 Å². The first-order valence-electron chi connectivity index (χ1n) is 8.55. The van der Waals surface area contributed by atoms with Crippen LogP contribution in [0.4, 0.5) is 0 Å². The van der Waals surface area contributed by atoms with E-state index in [0.29, 0.717) is 6.54 Å². The standard InChI is InChI=1S/C20H28N4O/c1-15-19(16(2)24(5)22-15)9-10-20(25)21-12-11-17-7-6-8-18(13-17)14-23(3)4/h6-10,13H,11-12,14H2,1-5H3,(H,21,25)/b10-9-. The highest BCUT2D eigenvalue weighted by Crippen LogP contribution is 2.13. The van der Waals surface area contributed by atoms with Crippen LogP contribution in [0.5, 0.6) is 0 Å². The minimum Gasteiger partial charge on any atom is -0.352 e. The average Bonchev–Trinajstić information content (AvgIpc) is 2.78. The van der Waals surface area contributed by atoms with Crippen molar-refractivity contribution in [1.29, 1.82) is 0 Å². The molecule has 1 aromatic carbocycles. The number of carbonyl (C=O) groups excluding carboxylic acids is 1. The molecule has 5 heteroatoms. The highest BCUT2D eigenvalue weighted by molar-refractivity contribution is 5.92. The number of rotatable bonds is 7. The SMILES string of the molecule is Cc1nn(C)c(C)c1/C=C\C(=O)NCCc1cccc(CN(C)C)c1. The maximum Gasteiger partial charge on any atom is 0.244 e. The number of aromatic nitrogens is 2. The third kappa shape index (κ3) is 5.57. The molecular weight excluding hydrogens is 312 g/mol. The van der Waals surface area contributed by atoms with E-state index in [4.69, 9.17) is 0 Å². The van der Waals surface area contributed by atoms with Crippen LogP contribution in [0.3, 0.4) is 0 Å². The van der Waals surface area contributed by atoms with Crippen molar-refractivity contribution in [1.82, 2.24) is 20.0 Å². The Bertz CT molecular complexity index is 759. The van der Waals surface area contributed by atoms with Crippen LogP contribution in [0.25, 0.3) is 6.08 Å². The molecule has 0 saturated carbocycles. The summed E-state index contributed by atoms with van der Waals surface area (Å²) in [5.74, 6) is -0.0768. The van der Waals surface area contributed by atoms with Gasteiger partial charge >= 0.3 is 0 Å². The fraction of sp³-hybridized carbons (Fsp3) is 0.400. The van der Waals surface area contributed by atoms with Crippen molar-refractivity contribution in [3.8, 4) is 0 Å². The van der Waals surface area contributed by atoms with Gasteiger partial charge in [0.05, 0.1) is 5.69 Å². The predicted molar refractivity (Wildman–Crippen MR) is 102 cm³/mol. The Hall–Kier alpha value is -2.40. The zero-order chi connectivity index (χ0) is 18.4. The minimum absolute atomic E-state index is 0.0768. The van der Waals surface area contributed by atoms with Gasteiger partial charge in [-0.1, -0.05) is 24.3 Å². The third-order valence-corrected chi connectivity index (χ3v) is 4.17. The van der Waals surface area contributed by atoms with Gasteiger partial charge in [0.1, 0.15) is 0 Å². The average molecular weight is 340 g/mol. The Morgan fingerprint density at radius 2 is 2.00 bits per heavy atom. The van der Waals surface area contributed by atoms with E-state index < -0.39 is 0 Å². The number of nitrogens with zero attached hydrogens (tertiary/aromatic N) is 3. The molecule has 1 heterocycles. The Labute approximate surface area is 150 Å². The minimum atomic E-state index is -0.0768. The molecule has 0 bridgehead atoms. The molecule has 0 aliphatic carbocycles. The molecule has 0 radical (unpaired) electrons. The molecule has 2 aromatic rings. The number of hydrogen-bond acceptors (Lipinski definition) is 3. The van der Waals surface area contributed by atoms with E-state index in [0.717, 1.165) is 29.9 Å². The molecular formula is C20H28N4O. The molecule has 1 N–H and O–H groups in total. The lowest BCUT2D eigenvalue weighted by atomic mass is 10.1. The zero-order valence-corrected chi connectivity index (χ0v) is 15.8. The van der Waals surface area contributed by atoms with Crippen molar-refractivity contribution in [2.45, 2.75) is 26.8 Å². The van der Waals surface area contributed by atoms with Gasteiger partial charge < -0.3 is 10.2 Å². The van der Waals surface area contributed by atoms with Crippen molar-refractivity contribution in [3.63, 3.8) is 0 Å². The second-order valence-electron chi connectivity index (χ2n) is 6.64. The van der Waals surface area contributed by atoms with E-state index in [1.165, 1.54) is 11.1 Å². The Morgan fingerprint density at radius 1 is 1.28 bits per heavy atom. The Balaban J connectivity index is 1.85.